The van der Waals surface area contributed by atoms with Gasteiger partial charge in [0.2, 0.25) is 0 Å². The summed E-state index contributed by atoms with van der Waals surface area (Å²) in [6.45, 7) is 8.67. The molecule has 0 heterocycles. The molecular weight excluding hydrogens is 226 g/mol. The molecule has 18 heavy (non-hydrogen) atoms. The van der Waals surface area contributed by atoms with E-state index in [1.807, 2.05) is 43.1 Å². The maximum absolute atomic E-state index is 11.8. The van der Waals surface area contributed by atoms with E-state index in [0.717, 1.165) is 17.7 Å². The SMILES string of the molecule is Cc1ccccc1C(C)(C(=O)O)N(C)CC(C)C. The highest BCUT2D eigenvalue weighted by atomic mass is 16.4. The number of carbonyl (C=O) groups is 1. The molecule has 1 aromatic carbocycles. The largest absolute Gasteiger partial charge is 0.480 e. The number of nitrogens with zero attached hydrogens (tertiary/aromatic N) is 1. The van der Waals surface area contributed by atoms with Gasteiger partial charge in [0.15, 0.2) is 0 Å². The number of carboxylic acids is 1. The fraction of sp³-hybridized carbons (Fsp3) is 0.533. The van der Waals surface area contributed by atoms with Crippen LogP contribution in [0.5, 0.6) is 0 Å². The Morgan fingerprint density at radius 1 is 1.39 bits per heavy atom. The number of aryl methyl sites for hydroxylation is 1. The Balaban J connectivity index is 3.24. The zero-order valence-electron chi connectivity index (χ0n) is 11.9. The normalized spacial score (nSPS) is 14.8. The predicted molar refractivity (Wildman–Crippen MR) is 73.6 cm³/mol. The third-order valence-electron chi connectivity index (χ3n) is 3.49. The first kappa shape index (κ1) is 14.7. The van der Waals surface area contributed by atoms with Crippen molar-refractivity contribution in [2.24, 2.45) is 5.92 Å². The van der Waals surface area contributed by atoms with E-state index in [4.69, 9.17) is 0 Å². The molecule has 0 spiro atoms. The summed E-state index contributed by atoms with van der Waals surface area (Å²) in [4.78, 5) is 13.7. The maximum atomic E-state index is 11.8. The predicted octanol–water partition coefficient (Wildman–Crippen LogP) is 2.88. The van der Waals surface area contributed by atoms with Gasteiger partial charge in [-0.3, -0.25) is 4.90 Å². The highest BCUT2D eigenvalue weighted by molar-refractivity contribution is 5.80. The molecule has 0 aliphatic rings. The smallest absolute Gasteiger partial charge is 0.328 e. The van der Waals surface area contributed by atoms with Crippen molar-refractivity contribution in [2.75, 3.05) is 13.6 Å². The first-order valence-corrected chi connectivity index (χ1v) is 6.31. The Morgan fingerprint density at radius 3 is 2.39 bits per heavy atom. The van der Waals surface area contributed by atoms with E-state index in [9.17, 15) is 9.90 Å². The molecule has 0 aliphatic carbocycles. The molecule has 0 saturated carbocycles. The summed E-state index contributed by atoms with van der Waals surface area (Å²) in [5.74, 6) is -0.377. The maximum Gasteiger partial charge on any atom is 0.328 e. The number of hydrogen-bond donors (Lipinski definition) is 1. The Labute approximate surface area is 109 Å². The Kier molecular flexibility index (Phi) is 4.52. The molecule has 0 bridgehead atoms. The molecular formula is C15H23NO2. The summed E-state index contributed by atoms with van der Waals surface area (Å²) < 4.78 is 0. The van der Waals surface area contributed by atoms with Crippen molar-refractivity contribution in [1.82, 2.24) is 4.90 Å². The number of benzene rings is 1. The quantitative estimate of drug-likeness (QED) is 0.872. The highest BCUT2D eigenvalue weighted by Gasteiger charge is 2.40. The van der Waals surface area contributed by atoms with E-state index in [1.165, 1.54) is 0 Å². The topological polar surface area (TPSA) is 40.5 Å². The second-order valence-electron chi connectivity index (χ2n) is 5.47. The molecule has 1 rings (SSSR count). The molecule has 3 heteroatoms. The van der Waals surface area contributed by atoms with E-state index >= 15 is 0 Å². The van der Waals surface area contributed by atoms with Crippen LogP contribution in [0.25, 0.3) is 0 Å². The third kappa shape index (κ3) is 2.72. The van der Waals surface area contributed by atoms with Gasteiger partial charge in [-0.05, 0) is 37.9 Å². The lowest BCUT2D eigenvalue weighted by molar-refractivity contribution is -0.150. The lowest BCUT2D eigenvalue weighted by Gasteiger charge is -2.37. The van der Waals surface area contributed by atoms with Gasteiger partial charge in [-0.25, -0.2) is 4.79 Å². The second kappa shape index (κ2) is 5.53. The highest BCUT2D eigenvalue weighted by Crippen LogP contribution is 2.30. The van der Waals surface area contributed by atoms with Crippen LogP contribution in [0.15, 0.2) is 24.3 Å². The summed E-state index contributed by atoms with van der Waals surface area (Å²) in [6, 6.07) is 7.69. The first-order valence-electron chi connectivity index (χ1n) is 6.31. The molecule has 100 valence electrons. The molecule has 1 N–H and O–H groups in total. The monoisotopic (exact) mass is 249 g/mol. The fourth-order valence-corrected chi connectivity index (χ4v) is 2.33. The van der Waals surface area contributed by atoms with Crippen LogP contribution in [0.3, 0.4) is 0 Å². The van der Waals surface area contributed by atoms with E-state index in [2.05, 4.69) is 13.8 Å². The van der Waals surface area contributed by atoms with Crippen molar-refractivity contribution in [2.45, 2.75) is 33.2 Å². The summed E-state index contributed by atoms with van der Waals surface area (Å²) in [5.41, 5.74) is 0.897. The van der Waals surface area contributed by atoms with Crippen molar-refractivity contribution in [3.8, 4) is 0 Å². The van der Waals surface area contributed by atoms with E-state index in [-0.39, 0.29) is 0 Å². The Hall–Kier alpha value is -1.35. The van der Waals surface area contributed by atoms with Crippen LogP contribution in [-0.4, -0.2) is 29.6 Å². The van der Waals surface area contributed by atoms with Crippen molar-refractivity contribution in [3.05, 3.63) is 35.4 Å². The van der Waals surface area contributed by atoms with Crippen molar-refractivity contribution < 1.29 is 9.90 Å². The minimum Gasteiger partial charge on any atom is -0.480 e. The molecule has 1 atom stereocenters. The molecule has 1 aromatic rings. The van der Waals surface area contributed by atoms with Crippen LogP contribution in [0.2, 0.25) is 0 Å². The molecule has 0 amide bonds. The second-order valence-corrected chi connectivity index (χ2v) is 5.47. The lowest BCUT2D eigenvalue weighted by atomic mass is 9.86. The van der Waals surface area contributed by atoms with Gasteiger partial charge < -0.3 is 5.11 Å². The molecule has 3 nitrogen and oxygen atoms in total. The van der Waals surface area contributed by atoms with Gasteiger partial charge in [0, 0.05) is 6.54 Å². The molecule has 0 radical (unpaired) electrons. The lowest BCUT2D eigenvalue weighted by Crippen LogP contribution is -2.49. The van der Waals surface area contributed by atoms with E-state index < -0.39 is 11.5 Å². The summed E-state index contributed by atoms with van der Waals surface area (Å²) in [6.07, 6.45) is 0. The summed E-state index contributed by atoms with van der Waals surface area (Å²) >= 11 is 0. The molecule has 1 unspecified atom stereocenters. The van der Waals surface area contributed by atoms with Gasteiger partial charge >= 0.3 is 5.97 Å². The average molecular weight is 249 g/mol. The minimum absolute atomic E-state index is 0.428. The number of likely N-dealkylation sites (N-methyl/N-ethyl adjacent to an activating group) is 1. The number of aliphatic carboxylic acids is 1. The zero-order chi connectivity index (χ0) is 13.9. The molecule has 0 aliphatic heterocycles. The van der Waals surface area contributed by atoms with Crippen molar-refractivity contribution in [3.63, 3.8) is 0 Å². The Bertz CT molecular complexity index is 428. The minimum atomic E-state index is -0.977. The number of hydrogen-bond acceptors (Lipinski definition) is 2. The van der Waals surface area contributed by atoms with Gasteiger partial charge in [0.1, 0.15) is 5.54 Å². The van der Waals surface area contributed by atoms with Gasteiger partial charge in [-0.1, -0.05) is 38.1 Å². The fourth-order valence-electron chi connectivity index (χ4n) is 2.33. The van der Waals surface area contributed by atoms with Gasteiger partial charge in [0.25, 0.3) is 0 Å². The zero-order valence-corrected chi connectivity index (χ0v) is 11.9. The van der Waals surface area contributed by atoms with Gasteiger partial charge in [-0.2, -0.15) is 0 Å². The standard InChI is InChI=1S/C15H23NO2/c1-11(2)10-16(5)15(4,14(17)18)13-9-7-6-8-12(13)3/h6-9,11H,10H2,1-5H3,(H,17,18). The number of rotatable bonds is 5. The first-order chi connectivity index (χ1) is 8.30. The van der Waals surface area contributed by atoms with E-state index in [1.54, 1.807) is 6.92 Å². The van der Waals surface area contributed by atoms with Crippen LogP contribution in [0.4, 0.5) is 0 Å². The van der Waals surface area contributed by atoms with Crippen LogP contribution < -0.4 is 0 Å². The van der Waals surface area contributed by atoms with Crippen molar-refractivity contribution >= 4 is 5.97 Å². The van der Waals surface area contributed by atoms with E-state index in [0.29, 0.717) is 5.92 Å². The summed E-state index contributed by atoms with van der Waals surface area (Å²) in [7, 11) is 1.88. The van der Waals surface area contributed by atoms with Crippen molar-refractivity contribution in [1.29, 1.82) is 0 Å². The molecule has 0 aromatic heterocycles. The molecule has 0 saturated heterocycles. The average Bonchev–Trinajstić information content (AvgIpc) is 2.27. The van der Waals surface area contributed by atoms with Crippen LogP contribution >= 0.6 is 0 Å². The van der Waals surface area contributed by atoms with Gasteiger partial charge in [-0.15, -0.1) is 0 Å². The van der Waals surface area contributed by atoms with Crippen LogP contribution in [0.1, 0.15) is 31.9 Å². The van der Waals surface area contributed by atoms with Gasteiger partial charge in [0.05, 0.1) is 0 Å². The third-order valence-corrected chi connectivity index (χ3v) is 3.49. The molecule has 0 fully saturated rings. The Morgan fingerprint density at radius 2 is 1.94 bits per heavy atom. The van der Waals surface area contributed by atoms with Crippen LogP contribution in [0, 0.1) is 12.8 Å². The summed E-state index contributed by atoms with van der Waals surface area (Å²) in [5, 5.41) is 9.65. The number of carboxylic acid groups (broad SMARTS) is 1. The van der Waals surface area contributed by atoms with Crippen LogP contribution in [-0.2, 0) is 10.3 Å².